The van der Waals surface area contributed by atoms with Crippen LogP contribution in [0.25, 0.3) is 0 Å². The lowest BCUT2D eigenvalue weighted by atomic mass is 9.81. The van der Waals surface area contributed by atoms with Crippen LogP contribution in [-0.4, -0.2) is 13.2 Å². The maximum absolute atomic E-state index is 5.89. The van der Waals surface area contributed by atoms with Crippen LogP contribution in [0.15, 0.2) is 12.1 Å². The Morgan fingerprint density at radius 3 is 2.20 bits per heavy atom. The molecule has 0 saturated carbocycles. The van der Waals surface area contributed by atoms with Crippen molar-refractivity contribution in [2.75, 3.05) is 7.11 Å². The van der Waals surface area contributed by atoms with Gasteiger partial charge in [-0.25, -0.2) is 0 Å². The van der Waals surface area contributed by atoms with Gasteiger partial charge in [-0.15, -0.1) is 0 Å². The fourth-order valence-electron chi connectivity index (χ4n) is 2.62. The maximum atomic E-state index is 5.89. The average molecular weight is 277 g/mol. The molecule has 2 N–H and O–H groups in total. The topological polar surface area (TPSA) is 35.2 Å². The third kappa shape index (κ3) is 4.24. The largest absolute Gasteiger partial charge is 0.496 e. The number of benzene rings is 1. The van der Waals surface area contributed by atoms with Gasteiger partial charge in [0.1, 0.15) is 5.75 Å². The summed E-state index contributed by atoms with van der Waals surface area (Å²) in [5.41, 5.74) is 9.89. The molecule has 114 valence electrons. The zero-order valence-electron chi connectivity index (χ0n) is 14.2. The highest BCUT2D eigenvalue weighted by Gasteiger charge is 2.23. The zero-order valence-corrected chi connectivity index (χ0v) is 14.2. The molecule has 2 atom stereocenters. The molecule has 2 nitrogen and oxygen atoms in total. The van der Waals surface area contributed by atoms with E-state index in [0.29, 0.717) is 5.92 Å². The molecule has 0 spiro atoms. The molecule has 2 unspecified atom stereocenters. The first kappa shape index (κ1) is 17.0. The van der Waals surface area contributed by atoms with Crippen molar-refractivity contribution in [2.45, 2.75) is 71.8 Å². The van der Waals surface area contributed by atoms with Crippen LogP contribution in [0.4, 0.5) is 0 Å². The van der Waals surface area contributed by atoms with Gasteiger partial charge in [-0.1, -0.05) is 45.4 Å². The summed E-state index contributed by atoms with van der Waals surface area (Å²) in [5.74, 6) is 1.53. The van der Waals surface area contributed by atoms with Crippen LogP contribution in [0.5, 0.6) is 5.75 Å². The number of hydrogen-bond donors (Lipinski definition) is 1. The molecule has 0 radical (unpaired) electrons. The van der Waals surface area contributed by atoms with Gasteiger partial charge in [0.2, 0.25) is 0 Å². The van der Waals surface area contributed by atoms with Crippen molar-refractivity contribution >= 4 is 0 Å². The third-order valence-electron chi connectivity index (χ3n) is 3.86. The monoisotopic (exact) mass is 277 g/mol. The van der Waals surface area contributed by atoms with Crippen molar-refractivity contribution in [1.29, 1.82) is 0 Å². The van der Waals surface area contributed by atoms with E-state index in [-0.39, 0.29) is 11.5 Å². The van der Waals surface area contributed by atoms with Gasteiger partial charge in [0.25, 0.3) is 0 Å². The van der Waals surface area contributed by atoms with Crippen LogP contribution in [0, 0.1) is 6.92 Å². The number of methoxy groups -OCH3 is 1. The van der Waals surface area contributed by atoms with E-state index < -0.39 is 0 Å². The molecular weight excluding hydrogens is 246 g/mol. The van der Waals surface area contributed by atoms with E-state index >= 15 is 0 Å². The number of aryl methyl sites for hydroxylation is 1. The second kappa shape index (κ2) is 6.62. The quantitative estimate of drug-likeness (QED) is 0.858. The highest BCUT2D eigenvalue weighted by Crippen LogP contribution is 2.39. The molecule has 0 amide bonds. The van der Waals surface area contributed by atoms with Gasteiger partial charge < -0.3 is 10.5 Å². The van der Waals surface area contributed by atoms with Gasteiger partial charge in [-0.3, -0.25) is 0 Å². The lowest BCUT2D eigenvalue weighted by Gasteiger charge is -2.27. The number of hydrogen-bond acceptors (Lipinski definition) is 2. The minimum absolute atomic E-state index is 0.0903. The predicted molar refractivity (Wildman–Crippen MR) is 87.7 cm³/mol. The Balaban J connectivity index is 3.21. The highest BCUT2D eigenvalue weighted by molar-refractivity contribution is 5.49. The molecule has 0 saturated heterocycles. The molecule has 0 aliphatic carbocycles. The van der Waals surface area contributed by atoms with Gasteiger partial charge in [0.15, 0.2) is 0 Å². The van der Waals surface area contributed by atoms with Gasteiger partial charge in [-0.05, 0) is 43.6 Å². The molecule has 20 heavy (non-hydrogen) atoms. The summed E-state index contributed by atoms with van der Waals surface area (Å²) in [6, 6.07) is 4.77. The number of rotatable bonds is 5. The lowest BCUT2D eigenvalue weighted by molar-refractivity contribution is 0.387. The SMILES string of the molecule is COc1c(C(C)CCC(C)N)cc(C)cc1C(C)(C)C. The summed E-state index contributed by atoms with van der Waals surface area (Å²) >= 11 is 0. The second-order valence-corrected chi connectivity index (χ2v) is 7.14. The first-order chi connectivity index (χ1) is 9.16. The fraction of sp³-hybridized carbons (Fsp3) is 0.667. The van der Waals surface area contributed by atoms with Gasteiger partial charge in [0, 0.05) is 11.6 Å². The van der Waals surface area contributed by atoms with E-state index in [1.165, 1.54) is 16.7 Å². The van der Waals surface area contributed by atoms with Gasteiger partial charge in [0.05, 0.1) is 7.11 Å². The van der Waals surface area contributed by atoms with Crippen molar-refractivity contribution < 1.29 is 4.74 Å². The van der Waals surface area contributed by atoms with Crippen LogP contribution < -0.4 is 10.5 Å². The Kier molecular flexibility index (Phi) is 5.64. The van der Waals surface area contributed by atoms with Crippen molar-refractivity contribution in [3.63, 3.8) is 0 Å². The van der Waals surface area contributed by atoms with E-state index in [1.807, 2.05) is 0 Å². The summed E-state index contributed by atoms with van der Waals surface area (Å²) in [4.78, 5) is 0. The Morgan fingerprint density at radius 1 is 1.15 bits per heavy atom. The molecular formula is C18H31NO. The highest BCUT2D eigenvalue weighted by atomic mass is 16.5. The molecule has 0 heterocycles. The Hall–Kier alpha value is -1.02. The summed E-state index contributed by atoms with van der Waals surface area (Å²) in [5, 5.41) is 0. The minimum atomic E-state index is 0.0903. The molecule has 0 aromatic heterocycles. The molecule has 2 heteroatoms. The lowest BCUT2D eigenvalue weighted by Crippen LogP contribution is -2.17. The minimum Gasteiger partial charge on any atom is -0.496 e. The van der Waals surface area contributed by atoms with Gasteiger partial charge in [-0.2, -0.15) is 0 Å². The zero-order chi connectivity index (χ0) is 15.5. The van der Waals surface area contributed by atoms with E-state index in [1.54, 1.807) is 7.11 Å². The van der Waals surface area contributed by atoms with Crippen LogP contribution in [-0.2, 0) is 5.41 Å². The number of nitrogens with two attached hydrogens (primary N) is 1. The molecule has 0 fully saturated rings. The van der Waals surface area contributed by atoms with Crippen molar-refractivity contribution in [1.82, 2.24) is 0 Å². The predicted octanol–water partition coefficient (Wildman–Crippen LogP) is 4.53. The standard InChI is InChI=1S/C18H31NO/c1-12-10-15(13(2)8-9-14(3)19)17(20-7)16(11-12)18(4,5)6/h10-11,13-14H,8-9,19H2,1-7H3. The van der Waals surface area contributed by atoms with Crippen molar-refractivity contribution in [3.8, 4) is 5.75 Å². The second-order valence-electron chi connectivity index (χ2n) is 7.14. The summed E-state index contributed by atoms with van der Waals surface area (Å²) in [6.07, 6.45) is 2.14. The number of ether oxygens (including phenoxy) is 1. The van der Waals surface area contributed by atoms with E-state index in [4.69, 9.17) is 10.5 Å². The summed E-state index contributed by atoms with van der Waals surface area (Å²) in [6.45, 7) is 13.2. The van der Waals surface area contributed by atoms with Crippen LogP contribution in [0.2, 0.25) is 0 Å². The van der Waals surface area contributed by atoms with Crippen molar-refractivity contribution in [3.05, 3.63) is 28.8 Å². The fourth-order valence-corrected chi connectivity index (χ4v) is 2.62. The molecule has 1 aromatic carbocycles. The van der Waals surface area contributed by atoms with E-state index in [0.717, 1.165) is 18.6 Å². The molecule has 1 rings (SSSR count). The molecule has 0 bridgehead atoms. The van der Waals surface area contributed by atoms with Crippen LogP contribution in [0.1, 0.15) is 70.1 Å². The smallest absolute Gasteiger partial charge is 0.126 e. The van der Waals surface area contributed by atoms with Crippen LogP contribution in [0.3, 0.4) is 0 Å². The first-order valence-corrected chi connectivity index (χ1v) is 7.61. The maximum Gasteiger partial charge on any atom is 0.126 e. The molecule has 1 aromatic rings. The van der Waals surface area contributed by atoms with E-state index in [2.05, 4.69) is 53.7 Å². The Morgan fingerprint density at radius 2 is 1.75 bits per heavy atom. The average Bonchev–Trinajstić information content (AvgIpc) is 2.33. The van der Waals surface area contributed by atoms with E-state index in [9.17, 15) is 0 Å². The molecule has 0 aliphatic heterocycles. The summed E-state index contributed by atoms with van der Waals surface area (Å²) in [7, 11) is 1.78. The third-order valence-corrected chi connectivity index (χ3v) is 3.86. The first-order valence-electron chi connectivity index (χ1n) is 7.61. The van der Waals surface area contributed by atoms with Gasteiger partial charge >= 0.3 is 0 Å². The normalized spacial score (nSPS) is 15.0. The Bertz CT molecular complexity index is 443. The Labute approximate surface area is 124 Å². The van der Waals surface area contributed by atoms with Crippen LogP contribution >= 0.6 is 0 Å². The summed E-state index contributed by atoms with van der Waals surface area (Å²) < 4.78 is 5.75. The van der Waals surface area contributed by atoms with Crippen molar-refractivity contribution in [2.24, 2.45) is 5.73 Å². The molecule has 0 aliphatic rings.